The van der Waals surface area contributed by atoms with Crippen LogP contribution in [0.15, 0.2) is 48.5 Å². The largest absolute Gasteiger partial charge is 0.497 e. The first kappa shape index (κ1) is 19.7. The molecule has 30 heavy (non-hydrogen) atoms. The number of rotatable bonds is 7. The number of ether oxygens (including phenoxy) is 3. The lowest BCUT2D eigenvalue weighted by Gasteiger charge is -2.10. The van der Waals surface area contributed by atoms with E-state index in [0.29, 0.717) is 22.4 Å². The summed E-state index contributed by atoms with van der Waals surface area (Å²) in [6, 6.07) is 14.7. The van der Waals surface area contributed by atoms with Crippen LogP contribution in [0.1, 0.15) is 5.69 Å². The lowest BCUT2D eigenvalue weighted by atomic mass is 10.3. The second-order valence-corrected chi connectivity index (χ2v) is 7.41. The Morgan fingerprint density at radius 1 is 1.10 bits per heavy atom. The Bertz CT molecular complexity index is 1200. The second-order valence-electron chi connectivity index (χ2n) is 6.40. The molecule has 4 aromatic rings. The number of aryl methyl sites for hydroxylation is 1. The van der Waals surface area contributed by atoms with Gasteiger partial charge >= 0.3 is 0 Å². The van der Waals surface area contributed by atoms with E-state index in [1.165, 1.54) is 11.3 Å². The maximum absolute atomic E-state index is 12.5. The Morgan fingerprint density at radius 3 is 2.67 bits per heavy atom. The Balaban J connectivity index is 1.52. The minimum atomic E-state index is -0.315. The molecule has 0 atom stereocenters. The van der Waals surface area contributed by atoms with E-state index in [9.17, 15) is 4.79 Å². The van der Waals surface area contributed by atoms with Crippen LogP contribution in [-0.4, -0.2) is 41.5 Å². The van der Waals surface area contributed by atoms with Gasteiger partial charge in [-0.15, -0.1) is 0 Å². The van der Waals surface area contributed by atoms with Gasteiger partial charge in [0.15, 0.2) is 18.1 Å². The molecule has 2 heterocycles. The first-order valence-corrected chi connectivity index (χ1v) is 9.96. The van der Waals surface area contributed by atoms with Crippen molar-refractivity contribution in [3.05, 3.63) is 54.2 Å². The molecule has 4 rings (SSSR count). The zero-order valence-corrected chi connectivity index (χ0v) is 17.5. The van der Waals surface area contributed by atoms with Gasteiger partial charge in [-0.3, -0.25) is 4.79 Å². The van der Waals surface area contributed by atoms with E-state index in [1.807, 2.05) is 37.3 Å². The molecule has 2 aromatic carbocycles. The Labute approximate surface area is 177 Å². The lowest BCUT2D eigenvalue weighted by Crippen LogP contribution is -2.22. The number of thiazole rings is 1. The average Bonchev–Trinajstić information content (AvgIpc) is 3.34. The van der Waals surface area contributed by atoms with Crippen LogP contribution in [0.2, 0.25) is 0 Å². The fourth-order valence-corrected chi connectivity index (χ4v) is 3.82. The third kappa shape index (κ3) is 4.06. The fourth-order valence-electron chi connectivity index (χ4n) is 2.91. The van der Waals surface area contributed by atoms with E-state index in [1.54, 1.807) is 37.1 Å². The van der Waals surface area contributed by atoms with E-state index < -0.39 is 0 Å². The van der Waals surface area contributed by atoms with Crippen LogP contribution in [0.4, 0.5) is 5.82 Å². The molecule has 0 saturated heterocycles. The van der Waals surface area contributed by atoms with Crippen molar-refractivity contribution in [2.24, 2.45) is 0 Å². The Kier molecular flexibility index (Phi) is 5.53. The molecule has 0 unspecified atom stereocenters. The van der Waals surface area contributed by atoms with Gasteiger partial charge in [-0.2, -0.15) is 9.78 Å². The summed E-state index contributed by atoms with van der Waals surface area (Å²) in [6.45, 7) is 1.69. The predicted octanol–water partition coefficient (Wildman–Crippen LogP) is 3.83. The van der Waals surface area contributed by atoms with Crippen molar-refractivity contribution in [1.29, 1.82) is 0 Å². The highest BCUT2D eigenvalue weighted by atomic mass is 32.1. The average molecular weight is 424 g/mol. The van der Waals surface area contributed by atoms with Gasteiger partial charge in [-0.25, -0.2) is 4.98 Å². The molecule has 0 spiro atoms. The van der Waals surface area contributed by atoms with Crippen molar-refractivity contribution in [3.8, 4) is 22.4 Å². The van der Waals surface area contributed by atoms with Gasteiger partial charge < -0.3 is 19.5 Å². The molecule has 2 aromatic heterocycles. The number of para-hydroxylation sites is 2. The molecule has 154 valence electrons. The standard InChI is InChI=1S/C21H20N4O4S/c1-13-10-19(23-20(26)12-29-17-7-5-4-6-16(17)28-3)25(24-13)21-22-15-11-14(27-2)8-9-18(15)30-21/h4-11H,12H2,1-3H3,(H,23,26). The quantitative estimate of drug-likeness (QED) is 0.485. The highest BCUT2D eigenvalue weighted by Crippen LogP contribution is 2.30. The molecular weight excluding hydrogens is 404 g/mol. The van der Waals surface area contributed by atoms with Crippen molar-refractivity contribution in [2.75, 3.05) is 26.1 Å². The number of hydrogen-bond donors (Lipinski definition) is 1. The van der Waals surface area contributed by atoms with Crippen LogP contribution in [0, 0.1) is 6.92 Å². The van der Waals surface area contributed by atoms with Crippen LogP contribution < -0.4 is 19.5 Å². The van der Waals surface area contributed by atoms with E-state index in [4.69, 9.17) is 14.2 Å². The molecule has 1 N–H and O–H groups in total. The van der Waals surface area contributed by atoms with Crippen molar-refractivity contribution in [3.63, 3.8) is 0 Å². The summed E-state index contributed by atoms with van der Waals surface area (Å²) in [6.07, 6.45) is 0. The third-order valence-electron chi connectivity index (χ3n) is 4.29. The number of carbonyl (C=O) groups is 1. The summed E-state index contributed by atoms with van der Waals surface area (Å²) < 4.78 is 18.7. The first-order chi connectivity index (χ1) is 14.6. The number of benzene rings is 2. The molecule has 0 fully saturated rings. The summed E-state index contributed by atoms with van der Waals surface area (Å²) >= 11 is 1.47. The maximum atomic E-state index is 12.5. The highest BCUT2D eigenvalue weighted by molar-refractivity contribution is 7.20. The van der Waals surface area contributed by atoms with E-state index in [-0.39, 0.29) is 12.5 Å². The molecule has 9 heteroatoms. The van der Waals surface area contributed by atoms with Gasteiger partial charge in [0.25, 0.3) is 5.91 Å². The van der Waals surface area contributed by atoms with Crippen LogP contribution >= 0.6 is 11.3 Å². The molecule has 0 saturated carbocycles. The van der Waals surface area contributed by atoms with Crippen molar-refractivity contribution >= 4 is 33.3 Å². The zero-order chi connectivity index (χ0) is 21.1. The molecule has 8 nitrogen and oxygen atoms in total. The minimum absolute atomic E-state index is 0.165. The molecule has 0 bridgehead atoms. The van der Waals surface area contributed by atoms with E-state index >= 15 is 0 Å². The number of methoxy groups -OCH3 is 2. The number of nitrogens with one attached hydrogen (secondary N) is 1. The summed E-state index contributed by atoms with van der Waals surface area (Å²) in [7, 11) is 3.17. The number of fused-ring (bicyclic) bond motifs is 1. The monoisotopic (exact) mass is 424 g/mol. The van der Waals surface area contributed by atoms with Gasteiger partial charge in [0.2, 0.25) is 5.13 Å². The van der Waals surface area contributed by atoms with E-state index in [2.05, 4.69) is 15.4 Å². The molecule has 0 radical (unpaired) electrons. The van der Waals surface area contributed by atoms with E-state index in [0.717, 1.165) is 21.7 Å². The number of amides is 1. The van der Waals surface area contributed by atoms with Crippen molar-refractivity contribution in [1.82, 2.24) is 14.8 Å². The number of aromatic nitrogens is 3. The SMILES string of the molecule is COc1ccc2sc(-n3nc(C)cc3NC(=O)COc3ccccc3OC)nc2c1. The van der Waals surface area contributed by atoms with Gasteiger partial charge in [0, 0.05) is 12.1 Å². The van der Waals surface area contributed by atoms with Crippen LogP contribution in [-0.2, 0) is 4.79 Å². The van der Waals surface area contributed by atoms with Gasteiger partial charge in [-0.05, 0) is 31.2 Å². The highest BCUT2D eigenvalue weighted by Gasteiger charge is 2.15. The van der Waals surface area contributed by atoms with Crippen LogP contribution in [0.5, 0.6) is 17.2 Å². The Morgan fingerprint density at radius 2 is 1.90 bits per heavy atom. The number of carbonyl (C=O) groups excluding carboxylic acids is 1. The van der Waals surface area contributed by atoms with Crippen LogP contribution in [0.25, 0.3) is 15.3 Å². The fraction of sp³-hybridized carbons (Fsp3) is 0.190. The number of nitrogens with zero attached hydrogens (tertiary/aromatic N) is 3. The minimum Gasteiger partial charge on any atom is -0.497 e. The molecule has 0 aliphatic carbocycles. The third-order valence-corrected chi connectivity index (χ3v) is 5.30. The van der Waals surface area contributed by atoms with Crippen molar-refractivity contribution in [2.45, 2.75) is 6.92 Å². The summed E-state index contributed by atoms with van der Waals surface area (Å²) in [5.74, 6) is 2.01. The molecule has 0 aliphatic heterocycles. The Hall–Kier alpha value is -3.59. The zero-order valence-electron chi connectivity index (χ0n) is 16.7. The summed E-state index contributed by atoms with van der Waals surface area (Å²) in [5, 5.41) is 7.96. The smallest absolute Gasteiger partial charge is 0.263 e. The topological polar surface area (TPSA) is 87.5 Å². The molecule has 1 amide bonds. The molecule has 0 aliphatic rings. The first-order valence-electron chi connectivity index (χ1n) is 9.14. The number of hydrogen-bond acceptors (Lipinski definition) is 7. The van der Waals surface area contributed by atoms with Gasteiger partial charge in [-0.1, -0.05) is 23.5 Å². The van der Waals surface area contributed by atoms with Crippen LogP contribution in [0.3, 0.4) is 0 Å². The molecular formula is C21H20N4O4S. The summed E-state index contributed by atoms with van der Waals surface area (Å²) in [5.41, 5.74) is 1.56. The van der Waals surface area contributed by atoms with Gasteiger partial charge in [0.05, 0.1) is 30.1 Å². The van der Waals surface area contributed by atoms with Crippen molar-refractivity contribution < 1.29 is 19.0 Å². The van der Waals surface area contributed by atoms with Gasteiger partial charge in [0.1, 0.15) is 11.6 Å². The lowest BCUT2D eigenvalue weighted by molar-refractivity contribution is -0.118. The number of anilines is 1. The summed E-state index contributed by atoms with van der Waals surface area (Å²) in [4.78, 5) is 17.1. The second kappa shape index (κ2) is 8.42. The normalized spacial score (nSPS) is 10.8. The predicted molar refractivity (Wildman–Crippen MR) is 115 cm³/mol. The maximum Gasteiger partial charge on any atom is 0.263 e.